The third-order valence-corrected chi connectivity index (χ3v) is 5.44. The van der Waals surface area contributed by atoms with Crippen LogP contribution in [0.2, 0.25) is 0 Å². The van der Waals surface area contributed by atoms with E-state index in [2.05, 4.69) is 9.88 Å². The van der Waals surface area contributed by atoms with Crippen LogP contribution in [0.1, 0.15) is 12.0 Å². The number of phenols is 1. The number of aryl methyl sites for hydroxylation is 1. The molecular weight excluding hydrogens is 415 g/mol. The van der Waals surface area contributed by atoms with Crippen LogP contribution in [0.5, 0.6) is 28.7 Å². The highest BCUT2D eigenvalue weighted by Crippen LogP contribution is 2.40. The van der Waals surface area contributed by atoms with Gasteiger partial charge in [-0.1, -0.05) is 0 Å². The smallest absolute Gasteiger partial charge is 0.187 e. The predicted molar refractivity (Wildman–Crippen MR) is 119 cm³/mol. The molecule has 8 heteroatoms. The molecule has 7 nitrogen and oxygen atoms in total. The van der Waals surface area contributed by atoms with Crippen LogP contribution in [0.15, 0.2) is 36.5 Å². The molecule has 0 bridgehead atoms. The van der Waals surface area contributed by atoms with Crippen LogP contribution < -0.4 is 14.2 Å². The number of aromatic hydroxyl groups is 1. The summed E-state index contributed by atoms with van der Waals surface area (Å²) in [4.78, 5) is 6.78. The van der Waals surface area contributed by atoms with Crippen molar-refractivity contribution >= 4 is 10.9 Å². The van der Waals surface area contributed by atoms with Crippen LogP contribution >= 0.6 is 0 Å². The van der Waals surface area contributed by atoms with Gasteiger partial charge in [0.25, 0.3) is 0 Å². The molecule has 1 aromatic heterocycles. The monoisotopic (exact) mass is 442 g/mol. The standard InChI is InChI=1S/C24H27FN2O5/c1-16-14-18(25)22(15-19(16)28)32-20-6-7-26-23-17(20)4-5-21(24(23)29-2)31-11-3-8-27-9-12-30-13-10-27/h4-7,14-15,28H,3,8-13H2,1-2H3. The number of methoxy groups -OCH3 is 1. The van der Waals surface area contributed by atoms with Crippen LogP contribution in [-0.4, -0.2) is 61.6 Å². The third kappa shape index (κ3) is 4.87. The summed E-state index contributed by atoms with van der Waals surface area (Å²) in [6.45, 7) is 6.57. The van der Waals surface area contributed by atoms with Crippen molar-refractivity contribution in [2.45, 2.75) is 13.3 Å². The molecule has 1 aliphatic rings. The zero-order chi connectivity index (χ0) is 22.5. The van der Waals surface area contributed by atoms with Crippen LogP contribution in [-0.2, 0) is 4.74 Å². The molecule has 0 saturated carbocycles. The number of hydrogen-bond donors (Lipinski definition) is 1. The van der Waals surface area contributed by atoms with Gasteiger partial charge in [-0.05, 0) is 43.2 Å². The fourth-order valence-corrected chi connectivity index (χ4v) is 3.68. The van der Waals surface area contributed by atoms with Crippen molar-refractivity contribution in [2.24, 2.45) is 0 Å². The second kappa shape index (κ2) is 10.0. The lowest BCUT2D eigenvalue weighted by molar-refractivity contribution is 0.0357. The number of hydrogen-bond acceptors (Lipinski definition) is 7. The lowest BCUT2D eigenvalue weighted by atomic mass is 10.1. The summed E-state index contributed by atoms with van der Waals surface area (Å²) in [7, 11) is 1.56. The Labute approximate surface area is 186 Å². The summed E-state index contributed by atoms with van der Waals surface area (Å²) < 4.78 is 37.0. The summed E-state index contributed by atoms with van der Waals surface area (Å²) in [5.74, 6) is 0.817. The van der Waals surface area contributed by atoms with E-state index in [1.54, 1.807) is 32.4 Å². The summed E-state index contributed by atoms with van der Waals surface area (Å²) in [6, 6.07) is 7.75. The molecule has 0 amide bonds. The average Bonchev–Trinajstić information content (AvgIpc) is 2.80. The van der Waals surface area contributed by atoms with Gasteiger partial charge in [0.15, 0.2) is 23.1 Å². The van der Waals surface area contributed by atoms with Crippen LogP contribution in [0, 0.1) is 12.7 Å². The molecule has 4 rings (SSSR count). The van der Waals surface area contributed by atoms with Gasteiger partial charge < -0.3 is 24.1 Å². The van der Waals surface area contributed by atoms with Crippen LogP contribution in [0.4, 0.5) is 4.39 Å². The number of pyridine rings is 1. The number of fused-ring (bicyclic) bond motifs is 1. The second-order valence-electron chi connectivity index (χ2n) is 7.63. The van der Waals surface area contributed by atoms with E-state index >= 15 is 0 Å². The van der Waals surface area contributed by atoms with Gasteiger partial charge in [0.2, 0.25) is 0 Å². The number of halogens is 1. The van der Waals surface area contributed by atoms with Gasteiger partial charge in [-0.15, -0.1) is 0 Å². The lowest BCUT2D eigenvalue weighted by Gasteiger charge is -2.26. The molecule has 1 N–H and O–H groups in total. The van der Waals surface area contributed by atoms with Crippen molar-refractivity contribution in [1.29, 1.82) is 0 Å². The molecule has 1 fully saturated rings. The van der Waals surface area contributed by atoms with Gasteiger partial charge in [0, 0.05) is 37.3 Å². The number of nitrogens with zero attached hydrogens (tertiary/aromatic N) is 2. The van der Waals surface area contributed by atoms with E-state index in [1.165, 1.54) is 12.1 Å². The Hall–Kier alpha value is -3.10. The minimum atomic E-state index is -0.558. The van der Waals surface area contributed by atoms with Crippen molar-refractivity contribution in [3.8, 4) is 28.7 Å². The average molecular weight is 442 g/mol. The molecule has 0 atom stereocenters. The van der Waals surface area contributed by atoms with Crippen molar-refractivity contribution in [3.63, 3.8) is 0 Å². The second-order valence-corrected chi connectivity index (χ2v) is 7.63. The maximum Gasteiger partial charge on any atom is 0.187 e. The molecule has 170 valence electrons. The van der Waals surface area contributed by atoms with Crippen molar-refractivity contribution in [2.75, 3.05) is 46.6 Å². The molecule has 32 heavy (non-hydrogen) atoms. The van der Waals surface area contributed by atoms with Crippen LogP contribution in [0.25, 0.3) is 10.9 Å². The molecule has 1 aliphatic heterocycles. The Kier molecular flexibility index (Phi) is 6.92. The van der Waals surface area contributed by atoms with E-state index in [-0.39, 0.29) is 11.5 Å². The van der Waals surface area contributed by atoms with E-state index in [0.29, 0.717) is 40.3 Å². The zero-order valence-corrected chi connectivity index (χ0v) is 18.3. The number of ether oxygens (including phenoxy) is 4. The van der Waals surface area contributed by atoms with E-state index in [9.17, 15) is 9.50 Å². The summed E-state index contributed by atoms with van der Waals surface area (Å²) in [5, 5.41) is 10.6. The topological polar surface area (TPSA) is 73.3 Å². The largest absolute Gasteiger partial charge is 0.508 e. The molecule has 0 unspecified atom stereocenters. The Bertz CT molecular complexity index is 1090. The molecule has 0 aliphatic carbocycles. The molecule has 2 heterocycles. The molecule has 1 saturated heterocycles. The summed E-state index contributed by atoms with van der Waals surface area (Å²) >= 11 is 0. The third-order valence-electron chi connectivity index (χ3n) is 5.44. The van der Waals surface area contributed by atoms with E-state index < -0.39 is 5.82 Å². The Balaban J connectivity index is 1.51. The summed E-state index contributed by atoms with van der Waals surface area (Å²) in [5.41, 5.74) is 0.985. The maximum atomic E-state index is 14.3. The van der Waals surface area contributed by atoms with Crippen molar-refractivity contribution in [1.82, 2.24) is 9.88 Å². The first-order valence-corrected chi connectivity index (χ1v) is 10.6. The van der Waals surface area contributed by atoms with Gasteiger partial charge in [-0.2, -0.15) is 0 Å². The first kappa shape index (κ1) is 22.1. The quantitative estimate of drug-likeness (QED) is 0.522. The van der Waals surface area contributed by atoms with E-state index in [0.717, 1.165) is 39.3 Å². The van der Waals surface area contributed by atoms with Crippen LogP contribution in [0.3, 0.4) is 0 Å². The zero-order valence-electron chi connectivity index (χ0n) is 18.3. The highest BCUT2D eigenvalue weighted by molar-refractivity contribution is 5.92. The number of aromatic nitrogens is 1. The van der Waals surface area contributed by atoms with Crippen molar-refractivity contribution < 1.29 is 28.4 Å². The van der Waals surface area contributed by atoms with Gasteiger partial charge in [-0.25, -0.2) is 4.39 Å². The highest BCUT2D eigenvalue weighted by Gasteiger charge is 2.17. The van der Waals surface area contributed by atoms with E-state index in [1.807, 2.05) is 6.07 Å². The Morgan fingerprint density at radius 3 is 2.72 bits per heavy atom. The predicted octanol–water partition coefficient (Wildman–Crippen LogP) is 4.29. The molecule has 0 spiro atoms. The fraction of sp³-hybridized carbons (Fsp3) is 0.375. The van der Waals surface area contributed by atoms with Gasteiger partial charge in [0.05, 0.1) is 26.9 Å². The number of phenolic OH excluding ortho intramolecular Hbond substituents is 1. The Morgan fingerprint density at radius 1 is 1.12 bits per heavy atom. The van der Waals surface area contributed by atoms with E-state index in [4.69, 9.17) is 18.9 Å². The molecule has 0 radical (unpaired) electrons. The maximum absolute atomic E-state index is 14.3. The fourth-order valence-electron chi connectivity index (χ4n) is 3.68. The van der Waals surface area contributed by atoms with Gasteiger partial charge in [-0.3, -0.25) is 9.88 Å². The highest BCUT2D eigenvalue weighted by atomic mass is 19.1. The van der Waals surface area contributed by atoms with Gasteiger partial charge in [0.1, 0.15) is 17.0 Å². The Morgan fingerprint density at radius 2 is 1.94 bits per heavy atom. The normalized spacial score (nSPS) is 14.5. The lowest BCUT2D eigenvalue weighted by Crippen LogP contribution is -2.37. The molecule has 3 aromatic rings. The minimum absolute atomic E-state index is 0.0369. The SMILES string of the molecule is COc1c(OCCCN2CCOCC2)ccc2c(Oc3cc(O)c(C)cc3F)ccnc12. The first-order chi connectivity index (χ1) is 15.6. The minimum Gasteiger partial charge on any atom is -0.508 e. The van der Waals surface area contributed by atoms with Crippen molar-refractivity contribution in [3.05, 3.63) is 47.9 Å². The molecular formula is C24H27FN2O5. The number of rotatable bonds is 8. The molecule has 2 aromatic carbocycles. The number of morpholine rings is 1. The number of benzene rings is 2. The summed E-state index contributed by atoms with van der Waals surface area (Å²) in [6.07, 6.45) is 2.45. The first-order valence-electron chi connectivity index (χ1n) is 10.6. The van der Waals surface area contributed by atoms with Gasteiger partial charge >= 0.3 is 0 Å².